The van der Waals surface area contributed by atoms with Gasteiger partial charge in [0.15, 0.2) is 0 Å². The predicted molar refractivity (Wildman–Crippen MR) is 58.1 cm³/mol. The number of rotatable bonds is 2. The van der Waals surface area contributed by atoms with Crippen LogP contribution in [0.15, 0.2) is 18.2 Å². The third-order valence-corrected chi connectivity index (χ3v) is 1.37. The van der Waals surface area contributed by atoms with E-state index in [1.54, 1.807) is 18.2 Å². The van der Waals surface area contributed by atoms with Gasteiger partial charge in [-0.2, -0.15) is 10.5 Å². The molecule has 0 amide bonds. The van der Waals surface area contributed by atoms with E-state index in [0.29, 0.717) is 30.9 Å². The maximum absolute atomic E-state index is 7.93. The van der Waals surface area contributed by atoms with E-state index in [1.807, 2.05) is 12.1 Å². The summed E-state index contributed by atoms with van der Waals surface area (Å²) >= 11 is 0. The molecule has 0 saturated heterocycles. The van der Waals surface area contributed by atoms with Crippen LogP contribution in [0, 0.1) is 22.7 Å². The monoisotopic (exact) mass is 203 g/mol. The van der Waals surface area contributed by atoms with Crippen LogP contribution >= 0.6 is 0 Å². The lowest BCUT2D eigenvalue weighted by molar-refractivity contribution is 0.885. The molecule has 1 heterocycles. The van der Waals surface area contributed by atoms with Gasteiger partial charge in [-0.1, -0.05) is 6.07 Å². The zero-order valence-corrected chi connectivity index (χ0v) is 8.35. The molecule has 0 aliphatic rings. The van der Waals surface area contributed by atoms with Gasteiger partial charge in [0.1, 0.15) is 11.6 Å². The highest BCUT2D eigenvalue weighted by molar-refractivity contribution is 5.37. The van der Waals surface area contributed by atoms with Gasteiger partial charge in [-0.15, -0.1) is 0 Å². The average Bonchev–Trinajstić information content (AvgIpc) is 2.19. The fourth-order valence-corrected chi connectivity index (χ4v) is 0.715. The van der Waals surface area contributed by atoms with Crippen LogP contribution in [0.3, 0.4) is 0 Å². The second-order valence-corrected chi connectivity index (χ2v) is 2.66. The van der Waals surface area contributed by atoms with Crippen LogP contribution < -0.4 is 11.5 Å². The molecule has 15 heavy (non-hydrogen) atoms. The number of hydrogen-bond donors (Lipinski definition) is 2. The van der Waals surface area contributed by atoms with Gasteiger partial charge >= 0.3 is 0 Å². The minimum Gasteiger partial charge on any atom is -0.384 e. The first-order chi connectivity index (χ1) is 7.20. The molecular formula is C10H13N5. The summed E-state index contributed by atoms with van der Waals surface area (Å²) in [6.07, 6.45) is 1.73. The number of nitriles is 2. The first kappa shape index (κ1) is 12.7. The van der Waals surface area contributed by atoms with E-state index < -0.39 is 0 Å². The van der Waals surface area contributed by atoms with Gasteiger partial charge in [-0.05, 0) is 18.6 Å². The van der Waals surface area contributed by atoms with Crippen molar-refractivity contribution in [2.45, 2.75) is 19.3 Å². The maximum atomic E-state index is 7.93. The molecular weight excluding hydrogens is 190 g/mol. The Morgan fingerprint density at radius 1 is 1.07 bits per heavy atom. The lowest BCUT2D eigenvalue weighted by Crippen LogP contribution is -1.93. The highest BCUT2D eigenvalue weighted by atomic mass is 14.9. The van der Waals surface area contributed by atoms with E-state index in [9.17, 15) is 0 Å². The zero-order chi connectivity index (χ0) is 11.5. The number of pyridine rings is 1. The summed E-state index contributed by atoms with van der Waals surface area (Å²) < 4.78 is 0. The quantitative estimate of drug-likeness (QED) is 0.706. The molecule has 78 valence electrons. The van der Waals surface area contributed by atoms with Crippen molar-refractivity contribution < 1.29 is 0 Å². The number of unbranched alkanes of at least 4 members (excludes halogenated alkanes) is 2. The molecule has 0 radical (unpaired) electrons. The number of nitrogens with zero attached hydrogens (tertiary/aromatic N) is 3. The molecule has 0 aliphatic heterocycles. The summed E-state index contributed by atoms with van der Waals surface area (Å²) in [6.45, 7) is 0. The Hall–Kier alpha value is -2.27. The topological polar surface area (TPSA) is 113 Å². The lowest BCUT2D eigenvalue weighted by Gasteiger charge is -1.90. The van der Waals surface area contributed by atoms with Crippen molar-refractivity contribution in [1.29, 1.82) is 10.5 Å². The Labute approximate surface area is 88.9 Å². The van der Waals surface area contributed by atoms with Crippen molar-refractivity contribution in [2.75, 3.05) is 11.5 Å². The van der Waals surface area contributed by atoms with Gasteiger partial charge in [-0.25, -0.2) is 4.98 Å². The molecule has 0 fully saturated rings. The van der Waals surface area contributed by atoms with Crippen molar-refractivity contribution in [2.24, 2.45) is 0 Å². The standard InChI is InChI=1S/C5H7N3.C5H6N2/c6-4-2-1-3-5(7)8-4;6-4-2-1-3-5-7/h1-3H,(H4,6,7,8);1-3H2. The molecule has 1 aromatic heterocycles. The van der Waals surface area contributed by atoms with E-state index in [-0.39, 0.29) is 0 Å². The third-order valence-electron chi connectivity index (χ3n) is 1.37. The van der Waals surface area contributed by atoms with Crippen molar-refractivity contribution >= 4 is 11.6 Å². The number of hydrogen-bond acceptors (Lipinski definition) is 5. The summed E-state index contributed by atoms with van der Waals surface area (Å²) in [5.74, 6) is 0.926. The Kier molecular flexibility index (Phi) is 7.07. The minimum atomic E-state index is 0.463. The minimum absolute atomic E-state index is 0.463. The number of nitrogen functional groups attached to an aromatic ring is 2. The van der Waals surface area contributed by atoms with E-state index in [4.69, 9.17) is 22.0 Å². The zero-order valence-electron chi connectivity index (χ0n) is 8.35. The fraction of sp³-hybridized carbons (Fsp3) is 0.300. The Morgan fingerprint density at radius 3 is 1.80 bits per heavy atom. The molecule has 0 saturated carbocycles. The maximum Gasteiger partial charge on any atom is 0.125 e. The lowest BCUT2D eigenvalue weighted by atomic mass is 10.3. The van der Waals surface area contributed by atoms with Gasteiger partial charge < -0.3 is 11.5 Å². The predicted octanol–water partition coefficient (Wildman–Crippen LogP) is 1.45. The second-order valence-electron chi connectivity index (χ2n) is 2.66. The summed E-state index contributed by atoms with van der Waals surface area (Å²) in [5.41, 5.74) is 10.5. The van der Waals surface area contributed by atoms with E-state index >= 15 is 0 Å². The summed E-state index contributed by atoms with van der Waals surface area (Å²) in [5, 5.41) is 15.9. The molecule has 1 aromatic rings. The normalized spacial score (nSPS) is 7.87. The Bertz CT molecular complexity index is 330. The molecule has 0 aliphatic carbocycles. The fourth-order valence-electron chi connectivity index (χ4n) is 0.715. The molecule has 4 N–H and O–H groups in total. The van der Waals surface area contributed by atoms with Crippen LogP contribution in [0.4, 0.5) is 11.6 Å². The molecule has 0 atom stereocenters. The van der Waals surface area contributed by atoms with Crippen LogP contribution in [0.1, 0.15) is 19.3 Å². The van der Waals surface area contributed by atoms with E-state index in [0.717, 1.165) is 0 Å². The van der Waals surface area contributed by atoms with Crippen molar-refractivity contribution in [3.05, 3.63) is 18.2 Å². The first-order valence-electron chi connectivity index (χ1n) is 4.42. The SMILES string of the molecule is N#CCCCC#N.Nc1cccc(N)n1. The highest BCUT2D eigenvalue weighted by Crippen LogP contribution is 1.99. The van der Waals surface area contributed by atoms with Crippen LogP contribution in [0.25, 0.3) is 0 Å². The van der Waals surface area contributed by atoms with E-state index in [1.165, 1.54) is 0 Å². The van der Waals surface area contributed by atoms with Gasteiger partial charge in [0, 0.05) is 12.8 Å². The number of anilines is 2. The molecule has 0 aromatic carbocycles. The number of nitrogens with two attached hydrogens (primary N) is 2. The molecule has 1 rings (SSSR count). The Balaban J connectivity index is 0.000000265. The summed E-state index contributed by atoms with van der Waals surface area (Å²) in [6, 6.07) is 9.05. The molecule has 5 heteroatoms. The second kappa shape index (κ2) is 8.33. The van der Waals surface area contributed by atoms with Crippen LogP contribution in [0.2, 0.25) is 0 Å². The van der Waals surface area contributed by atoms with Gasteiger partial charge in [0.25, 0.3) is 0 Å². The summed E-state index contributed by atoms with van der Waals surface area (Å²) in [4.78, 5) is 3.73. The molecule has 5 nitrogen and oxygen atoms in total. The largest absolute Gasteiger partial charge is 0.384 e. The van der Waals surface area contributed by atoms with Crippen LogP contribution in [-0.2, 0) is 0 Å². The Morgan fingerprint density at radius 2 is 1.53 bits per heavy atom. The average molecular weight is 203 g/mol. The summed E-state index contributed by atoms with van der Waals surface area (Å²) in [7, 11) is 0. The smallest absolute Gasteiger partial charge is 0.125 e. The molecule has 0 spiro atoms. The van der Waals surface area contributed by atoms with Crippen molar-refractivity contribution in [3.63, 3.8) is 0 Å². The highest BCUT2D eigenvalue weighted by Gasteiger charge is 1.83. The van der Waals surface area contributed by atoms with Gasteiger partial charge in [0.05, 0.1) is 12.1 Å². The number of aromatic nitrogens is 1. The van der Waals surface area contributed by atoms with Crippen molar-refractivity contribution in [1.82, 2.24) is 4.98 Å². The van der Waals surface area contributed by atoms with Gasteiger partial charge in [0.2, 0.25) is 0 Å². The third kappa shape index (κ3) is 8.07. The van der Waals surface area contributed by atoms with Crippen molar-refractivity contribution in [3.8, 4) is 12.1 Å². The molecule has 0 unspecified atom stereocenters. The molecule has 0 bridgehead atoms. The van der Waals surface area contributed by atoms with Gasteiger partial charge in [-0.3, -0.25) is 0 Å². The van der Waals surface area contributed by atoms with E-state index in [2.05, 4.69) is 4.98 Å². The van der Waals surface area contributed by atoms with Crippen LogP contribution in [-0.4, -0.2) is 4.98 Å². The first-order valence-corrected chi connectivity index (χ1v) is 4.42. The van der Waals surface area contributed by atoms with Crippen LogP contribution in [0.5, 0.6) is 0 Å².